The molecule has 0 atom stereocenters. The zero-order chi connectivity index (χ0) is 14.5. The van der Waals surface area contributed by atoms with Gasteiger partial charge in [-0.1, -0.05) is 24.3 Å². The Labute approximate surface area is 122 Å². The van der Waals surface area contributed by atoms with Crippen LogP contribution in [-0.2, 0) is 0 Å². The molecule has 21 heavy (non-hydrogen) atoms. The van der Waals surface area contributed by atoms with E-state index in [9.17, 15) is 0 Å². The minimum absolute atomic E-state index is 0.462. The van der Waals surface area contributed by atoms with Gasteiger partial charge in [0.2, 0.25) is 5.88 Å². The van der Waals surface area contributed by atoms with Crippen molar-refractivity contribution in [3.63, 3.8) is 0 Å². The lowest BCUT2D eigenvalue weighted by Crippen LogP contribution is -1.88. The fourth-order valence-electron chi connectivity index (χ4n) is 1.91. The van der Waals surface area contributed by atoms with Crippen molar-refractivity contribution < 1.29 is 4.74 Å². The lowest BCUT2D eigenvalue weighted by Gasteiger charge is -2.06. The number of benzene rings is 2. The molecular formula is C17H11N3O. The Kier molecular flexibility index (Phi) is 3.57. The monoisotopic (exact) mass is 273 g/mol. The molecule has 1 aromatic heterocycles. The summed E-state index contributed by atoms with van der Waals surface area (Å²) in [5.41, 5.74) is 2.77. The summed E-state index contributed by atoms with van der Waals surface area (Å²) in [6, 6.07) is 17.3. The first-order valence-corrected chi connectivity index (χ1v) is 6.39. The Bertz CT molecular complexity index is 760. The number of hydrogen-bond acceptors (Lipinski definition) is 4. The molecule has 0 saturated heterocycles. The molecule has 0 fully saturated rings. The Morgan fingerprint density at radius 1 is 0.857 bits per heavy atom. The summed E-state index contributed by atoms with van der Waals surface area (Å²) >= 11 is 0. The Morgan fingerprint density at radius 2 is 1.52 bits per heavy atom. The second kappa shape index (κ2) is 5.85. The molecular weight excluding hydrogens is 262 g/mol. The van der Waals surface area contributed by atoms with E-state index in [0.717, 1.165) is 11.1 Å². The zero-order valence-electron chi connectivity index (χ0n) is 11.1. The van der Waals surface area contributed by atoms with Gasteiger partial charge in [0.25, 0.3) is 0 Å². The summed E-state index contributed by atoms with van der Waals surface area (Å²) in [6.45, 7) is 0. The molecule has 3 rings (SSSR count). The van der Waals surface area contributed by atoms with Gasteiger partial charge in [0.05, 0.1) is 17.8 Å². The van der Waals surface area contributed by atoms with Crippen molar-refractivity contribution in [2.45, 2.75) is 0 Å². The fourth-order valence-corrected chi connectivity index (χ4v) is 1.91. The summed E-state index contributed by atoms with van der Waals surface area (Å²) in [5.74, 6) is 1.16. The maximum Gasteiger partial charge on any atom is 0.237 e. The third-order valence-corrected chi connectivity index (χ3v) is 2.96. The van der Waals surface area contributed by atoms with Crippen LogP contribution in [-0.4, -0.2) is 9.97 Å². The third-order valence-electron chi connectivity index (χ3n) is 2.96. The van der Waals surface area contributed by atoms with Crippen LogP contribution in [0.15, 0.2) is 67.1 Å². The summed E-state index contributed by atoms with van der Waals surface area (Å²) in [5, 5.41) is 8.80. The van der Waals surface area contributed by atoms with E-state index in [-0.39, 0.29) is 0 Å². The predicted molar refractivity (Wildman–Crippen MR) is 78.7 cm³/mol. The highest BCUT2D eigenvalue weighted by Crippen LogP contribution is 2.24. The highest BCUT2D eigenvalue weighted by molar-refractivity contribution is 5.65. The van der Waals surface area contributed by atoms with Crippen LogP contribution in [0.2, 0.25) is 0 Å². The number of ether oxygens (including phenoxy) is 1. The normalized spacial score (nSPS) is 9.86. The molecule has 0 bridgehead atoms. The second-order valence-electron chi connectivity index (χ2n) is 4.36. The van der Waals surface area contributed by atoms with Gasteiger partial charge < -0.3 is 4.74 Å². The first-order chi connectivity index (χ1) is 10.3. The van der Waals surface area contributed by atoms with Crippen LogP contribution in [0.5, 0.6) is 11.6 Å². The molecule has 4 nitrogen and oxygen atoms in total. The van der Waals surface area contributed by atoms with E-state index in [1.807, 2.05) is 36.4 Å². The first kappa shape index (κ1) is 12.8. The summed E-state index contributed by atoms with van der Waals surface area (Å²) < 4.78 is 5.59. The lowest BCUT2D eigenvalue weighted by atomic mass is 10.0. The van der Waals surface area contributed by atoms with Crippen molar-refractivity contribution in [1.29, 1.82) is 5.26 Å². The van der Waals surface area contributed by atoms with E-state index >= 15 is 0 Å². The molecule has 0 radical (unpaired) electrons. The van der Waals surface area contributed by atoms with Gasteiger partial charge in [0, 0.05) is 12.4 Å². The summed E-state index contributed by atoms with van der Waals surface area (Å²) in [7, 11) is 0. The topological polar surface area (TPSA) is 58.8 Å². The van der Waals surface area contributed by atoms with E-state index < -0.39 is 0 Å². The molecule has 0 N–H and O–H groups in total. The lowest BCUT2D eigenvalue weighted by molar-refractivity contribution is 0.460. The Morgan fingerprint density at radius 3 is 2.10 bits per heavy atom. The minimum Gasteiger partial charge on any atom is -0.438 e. The maximum absolute atomic E-state index is 8.80. The molecule has 0 aliphatic heterocycles. The summed E-state index contributed by atoms with van der Waals surface area (Å²) in [4.78, 5) is 8.01. The van der Waals surface area contributed by atoms with Gasteiger partial charge in [-0.05, 0) is 35.4 Å². The largest absolute Gasteiger partial charge is 0.438 e. The van der Waals surface area contributed by atoms with Gasteiger partial charge in [0.1, 0.15) is 5.75 Å². The van der Waals surface area contributed by atoms with Crippen molar-refractivity contribution >= 4 is 0 Å². The molecule has 0 amide bonds. The molecule has 100 valence electrons. The highest BCUT2D eigenvalue weighted by atomic mass is 16.5. The average molecular weight is 273 g/mol. The molecule has 4 heteroatoms. The molecule has 0 saturated carbocycles. The van der Waals surface area contributed by atoms with Crippen LogP contribution >= 0.6 is 0 Å². The molecule has 2 aromatic carbocycles. The van der Waals surface area contributed by atoms with E-state index in [2.05, 4.69) is 16.0 Å². The number of rotatable bonds is 3. The summed E-state index contributed by atoms with van der Waals surface area (Å²) in [6.07, 6.45) is 4.75. The van der Waals surface area contributed by atoms with Crippen LogP contribution < -0.4 is 4.74 Å². The van der Waals surface area contributed by atoms with Gasteiger partial charge >= 0.3 is 0 Å². The minimum atomic E-state index is 0.462. The molecule has 0 spiro atoms. The van der Waals surface area contributed by atoms with Crippen LogP contribution in [0.3, 0.4) is 0 Å². The van der Waals surface area contributed by atoms with Crippen molar-refractivity contribution in [3.8, 4) is 28.8 Å². The van der Waals surface area contributed by atoms with Gasteiger partial charge in [-0.3, -0.25) is 4.98 Å². The molecule has 0 aliphatic carbocycles. The van der Waals surface area contributed by atoms with E-state index in [1.165, 1.54) is 0 Å². The van der Waals surface area contributed by atoms with E-state index in [0.29, 0.717) is 17.2 Å². The SMILES string of the molecule is N#Cc1ccc(-c2ccc(Oc3cnccn3)cc2)cc1. The molecule has 3 aromatic rings. The third kappa shape index (κ3) is 3.04. The van der Waals surface area contributed by atoms with Crippen LogP contribution in [0.25, 0.3) is 11.1 Å². The Balaban J connectivity index is 1.79. The second-order valence-corrected chi connectivity index (χ2v) is 4.36. The van der Waals surface area contributed by atoms with Crippen LogP contribution in [0, 0.1) is 11.3 Å². The molecule has 1 heterocycles. The van der Waals surface area contributed by atoms with Gasteiger partial charge in [-0.25, -0.2) is 4.98 Å². The van der Waals surface area contributed by atoms with Crippen molar-refractivity contribution in [2.75, 3.05) is 0 Å². The number of hydrogen-bond donors (Lipinski definition) is 0. The molecule has 0 unspecified atom stereocenters. The van der Waals surface area contributed by atoms with Crippen molar-refractivity contribution in [1.82, 2.24) is 9.97 Å². The van der Waals surface area contributed by atoms with E-state index in [4.69, 9.17) is 10.00 Å². The quantitative estimate of drug-likeness (QED) is 0.728. The van der Waals surface area contributed by atoms with Gasteiger partial charge in [-0.2, -0.15) is 5.26 Å². The smallest absolute Gasteiger partial charge is 0.237 e. The first-order valence-electron chi connectivity index (χ1n) is 6.39. The highest BCUT2D eigenvalue weighted by Gasteiger charge is 2.01. The average Bonchev–Trinajstić information content (AvgIpc) is 2.57. The standard InChI is InChI=1S/C17H11N3O/c18-11-13-1-3-14(4-2-13)15-5-7-16(8-6-15)21-17-12-19-9-10-20-17/h1-10,12H. The maximum atomic E-state index is 8.80. The van der Waals surface area contributed by atoms with E-state index in [1.54, 1.807) is 30.7 Å². The zero-order valence-corrected chi connectivity index (χ0v) is 11.1. The van der Waals surface area contributed by atoms with Gasteiger partial charge in [0.15, 0.2) is 0 Å². The molecule has 0 aliphatic rings. The Hall–Kier alpha value is -3.19. The number of nitriles is 1. The number of aromatic nitrogens is 2. The predicted octanol–water partition coefficient (Wildman–Crippen LogP) is 3.81. The van der Waals surface area contributed by atoms with Crippen molar-refractivity contribution in [3.05, 3.63) is 72.7 Å². The van der Waals surface area contributed by atoms with Crippen LogP contribution in [0.1, 0.15) is 5.56 Å². The van der Waals surface area contributed by atoms with Crippen molar-refractivity contribution in [2.24, 2.45) is 0 Å². The number of nitrogens with zero attached hydrogens (tertiary/aromatic N) is 3. The fraction of sp³-hybridized carbons (Fsp3) is 0. The van der Waals surface area contributed by atoms with Gasteiger partial charge in [-0.15, -0.1) is 0 Å². The van der Waals surface area contributed by atoms with Crippen LogP contribution in [0.4, 0.5) is 0 Å².